The number of nitrogens with zero attached hydrogens (tertiary/aromatic N) is 2. The number of rotatable bonds is 12. The number of methoxy groups -OCH3 is 1. The summed E-state index contributed by atoms with van der Waals surface area (Å²) >= 11 is 0. The first-order valence-corrected chi connectivity index (χ1v) is 11.9. The van der Waals surface area contributed by atoms with Gasteiger partial charge in [-0.25, -0.2) is 9.48 Å². The van der Waals surface area contributed by atoms with E-state index >= 15 is 0 Å². The fourth-order valence-corrected chi connectivity index (χ4v) is 3.26. The van der Waals surface area contributed by atoms with Crippen LogP contribution in [0.1, 0.15) is 27.7 Å². The molecule has 1 aromatic heterocycles. The highest BCUT2D eigenvalue weighted by molar-refractivity contribution is 5.68. The maximum atomic E-state index is 11.7. The van der Waals surface area contributed by atoms with E-state index in [9.17, 15) is 4.79 Å². The number of carbonyl (C=O) groups excluding carboxylic acids is 1. The van der Waals surface area contributed by atoms with Crippen molar-refractivity contribution in [2.45, 2.75) is 33.2 Å². The van der Waals surface area contributed by atoms with Crippen molar-refractivity contribution in [3.8, 4) is 34.3 Å². The highest BCUT2D eigenvalue weighted by Gasteiger charge is 2.15. The molecule has 0 bridgehead atoms. The summed E-state index contributed by atoms with van der Waals surface area (Å²) in [4.78, 5) is 11.7. The first kappa shape index (κ1) is 26.9. The van der Waals surface area contributed by atoms with Crippen molar-refractivity contribution in [3.05, 3.63) is 54.6 Å². The Balaban J connectivity index is 1.68. The van der Waals surface area contributed by atoms with E-state index in [-0.39, 0.29) is 18.8 Å². The van der Waals surface area contributed by atoms with Crippen molar-refractivity contribution in [2.24, 2.45) is 0 Å². The zero-order valence-electron chi connectivity index (χ0n) is 21.6. The Morgan fingerprint density at radius 1 is 0.917 bits per heavy atom. The van der Waals surface area contributed by atoms with Gasteiger partial charge in [0, 0.05) is 23.8 Å². The van der Waals surface area contributed by atoms with Crippen molar-refractivity contribution < 1.29 is 28.5 Å². The molecule has 3 rings (SSSR count). The number of ether oxygens (including phenoxy) is 5. The largest absolute Gasteiger partial charge is 0.497 e. The number of benzene rings is 2. The van der Waals surface area contributed by atoms with Crippen LogP contribution in [-0.2, 0) is 9.47 Å². The third-order valence-electron chi connectivity index (χ3n) is 4.90. The van der Waals surface area contributed by atoms with E-state index in [2.05, 4.69) is 10.4 Å². The van der Waals surface area contributed by atoms with Crippen molar-refractivity contribution in [2.75, 3.05) is 40.1 Å². The molecule has 0 fully saturated rings. The third kappa shape index (κ3) is 8.20. The molecule has 9 nitrogen and oxygen atoms in total. The van der Waals surface area contributed by atoms with E-state index in [0.29, 0.717) is 31.5 Å². The van der Waals surface area contributed by atoms with Gasteiger partial charge in [0.2, 0.25) is 5.88 Å². The van der Waals surface area contributed by atoms with E-state index in [4.69, 9.17) is 23.7 Å². The topological polar surface area (TPSA) is 93.1 Å². The Hall–Kier alpha value is -3.72. The SMILES string of the molecule is CCOCCOc1cc(-c2ccc(OCCOC(=O)NC(C)(C)C)cc2)n(-c2ccc(OC)cc2)n1. The van der Waals surface area contributed by atoms with E-state index in [0.717, 1.165) is 22.7 Å². The maximum absolute atomic E-state index is 11.7. The summed E-state index contributed by atoms with van der Waals surface area (Å²) in [7, 11) is 1.63. The second-order valence-corrected chi connectivity index (χ2v) is 8.91. The van der Waals surface area contributed by atoms with Gasteiger partial charge in [-0.15, -0.1) is 5.10 Å². The Kier molecular flexibility index (Phi) is 9.58. The number of alkyl carbamates (subject to hydrolysis) is 1. The third-order valence-corrected chi connectivity index (χ3v) is 4.90. The zero-order valence-corrected chi connectivity index (χ0v) is 21.6. The van der Waals surface area contributed by atoms with Crippen LogP contribution in [-0.4, -0.2) is 61.6 Å². The van der Waals surface area contributed by atoms with Crippen LogP contribution >= 0.6 is 0 Å². The molecule has 194 valence electrons. The lowest BCUT2D eigenvalue weighted by atomic mass is 10.1. The molecule has 2 aromatic carbocycles. The van der Waals surface area contributed by atoms with Gasteiger partial charge in [0.05, 0.1) is 25.1 Å². The average Bonchev–Trinajstić information content (AvgIpc) is 3.28. The molecule has 0 unspecified atom stereocenters. The maximum Gasteiger partial charge on any atom is 0.407 e. The summed E-state index contributed by atoms with van der Waals surface area (Å²) in [5, 5.41) is 7.39. The molecule has 9 heteroatoms. The number of aromatic nitrogens is 2. The number of nitrogens with one attached hydrogen (secondary N) is 1. The second-order valence-electron chi connectivity index (χ2n) is 8.91. The lowest BCUT2D eigenvalue weighted by Crippen LogP contribution is -2.41. The van der Waals surface area contributed by atoms with Gasteiger partial charge in [-0.05, 0) is 76.2 Å². The summed E-state index contributed by atoms with van der Waals surface area (Å²) in [5.74, 6) is 1.94. The van der Waals surface area contributed by atoms with Crippen LogP contribution in [0.25, 0.3) is 16.9 Å². The summed E-state index contributed by atoms with van der Waals surface area (Å²) in [6.45, 7) is 9.56. The van der Waals surface area contributed by atoms with Gasteiger partial charge >= 0.3 is 6.09 Å². The quantitative estimate of drug-likeness (QED) is 0.357. The van der Waals surface area contributed by atoms with Gasteiger partial charge in [0.25, 0.3) is 0 Å². The minimum Gasteiger partial charge on any atom is -0.497 e. The van der Waals surface area contributed by atoms with E-state index < -0.39 is 6.09 Å². The summed E-state index contributed by atoms with van der Waals surface area (Å²) in [6, 6.07) is 17.2. The second kappa shape index (κ2) is 12.8. The number of amides is 1. The van der Waals surface area contributed by atoms with Crippen molar-refractivity contribution in [1.82, 2.24) is 15.1 Å². The predicted octanol–water partition coefficient (Wildman–Crippen LogP) is 4.87. The van der Waals surface area contributed by atoms with Gasteiger partial charge < -0.3 is 29.0 Å². The molecule has 3 aromatic rings. The lowest BCUT2D eigenvalue weighted by Gasteiger charge is -2.19. The minimum absolute atomic E-state index is 0.149. The van der Waals surface area contributed by atoms with Crippen LogP contribution in [0.15, 0.2) is 54.6 Å². The number of carbonyl (C=O) groups is 1. The highest BCUT2D eigenvalue weighted by Crippen LogP contribution is 2.29. The highest BCUT2D eigenvalue weighted by atomic mass is 16.6. The molecule has 0 saturated heterocycles. The average molecular weight is 498 g/mol. The van der Waals surface area contributed by atoms with Crippen LogP contribution in [0.4, 0.5) is 4.79 Å². The normalized spacial score (nSPS) is 11.1. The van der Waals surface area contributed by atoms with Crippen LogP contribution < -0.4 is 19.5 Å². The van der Waals surface area contributed by atoms with Gasteiger partial charge in [-0.3, -0.25) is 0 Å². The number of hydrogen-bond donors (Lipinski definition) is 1. The number of hydrogen-bond acceptors (Lipinski definition) is 7. The van der Waals surface area contributed by atoms with Crippen LogP contribution in [0, 0.1) is 0 Å². The van der Waals surface area contributed by atoms with Gasteiger partial charge in [-0.2, -0.15) is 0 Å². The van der Waals surface area contributed by atoms with Crippen LogP contribution in [0.5, 0.6) is 17.4 Å². The van der Waals surface area contributed by atoms with Gasteiger partial charge in [0.1, 0.15) is 31.3 Å². The molecule has 0 atom stereocenters. The smallest absolute Gasteiger partial charge is 0.407 e. The zero-order chi connectivity index (χ0) is 26.0. The minimum atomic E-state index is -0.465. The standard InChI is InChI=1S/C27H35N3O6/c1-6-33-15-16-35-25-19-24(30(29-25)21-9-13-22(32-5)14-10-21)20-7-11-23(12-8-20)34-17-18-36-26(31)28-27(2,3)4/h7-14,19H,6,15-18H2,1-5H3,(H,28,31). The molecular weight excluding hydrogens is 462 g/mol. The van der Waals surface area contributed by atoms with Crippen molar-refractivity contribution in [3.63, 3.8) is 0 Å². The molecule has 1 amide bonds. The monoisotopic (exact) mass is 497 g/mol. The Bertz CT molecular complexity index is 1090. The molecule has 1 N–H and O–H groups in total. The van der Waals surface area contributed by atoms with Gasteiger partial charge in [-0.1, -0.05) is 0 Å². The summed E-state index contributed by atoms with van der Waals surface area (Å²) in [6.07, 6.45) is -0.465. The lowest BCUT2D eigenvalue weighted by molar-refractivity contribution is 0.108. The predicted molar refractivity (Wildman–Crippen MR) is 137 cm³/mol. The first-order valence-electron chi connectivity index (χ1n) is 11.9. The first-order chi connectivity index (χ1) is 17.3. The van der Waals surface area contributed by atoms with E-state index in [1.165, 1.54) is 0 Å². The summed E-state index contributed by atoms with van der Waals surface area (Å²) in [5.41, 5.74) is 2.32. The fraction of sp³-hybridized carbons (Fsp3) is 0.407. The van der Waals surface area contributed by atoms with Crippen molar-refractivity contribution >= 4 is 6.09 Å². The molecule has 36 heavy (non-hydrogen) atoms. The van der Waals surface area contributed by atoms with Crippen LogP contribution in [0.3, 0.4) is 0 Å². The molecule has 1 heterocycles. The molecule has 0 aliphatic rings. The molecule has 0 radical (unpaired) electrons. The Morgan fingerprint density at radius 2 is 1.58 bits per heavy atom. The molecule has 0 aliphatic carbocycles. The fourth-order valence-electron chi connectivity index (χ4n) is 3.26. The van der Waals surface area contributed by atoms with E-state index in [1.807, 2.05) is 87.0 Å². The molecular formula is C27H35N3O6. The molecule has 0 spiro atoms. The Morgan fingerprint density at radius 3 is 2.22 bits per heavy atom. The van der Waals surface area contributed by atoms with Crippen LogP contribution in [0.2, 0.25) is 0 Å². The summed E-state index contributed by atoms with van der Waals surface area (Å²) < 4.78 is 29.1. The van der Waals surface area contributed by atoms with E-state index in [1.54, 1.807) is 7.11 Å². The Labute approximate surface area is 212 Å². The molecule has 0 aliphatic heterocycles. The van der Waals surface area contributed by atoms with Crippen molar-refractivity contribution in [1.29, 1.82) is 0 Å². The van der Waals surface area contributed by atoms with Gasteiger partial charge in [0.15, 0.2) is 0 Å². The molecule has 0 saturated carbocycles.